The molecule has 1 aromatic heterocycles. The Morgan fingerprint density at radius 3 is 2.86 bits per heavy atom. The predicted octanol–water partition coefficient (Wildman–Crippen LogP) is 2.70. The zero-order valence-corrected chi connectivity index (χ0v) is 13.4. The zero-order valence-electron chi connectivity index (χ0n) is 12.6. The van der Waals surface area contributed by atoms with Gasteiger partial charge in [-0.1, -0.05) is 25.1 Å². The quantitative estimate of drug-likeness (QED) is 0.944. The van der Waals surface area contributed by atoms with E-state index in [9.17, 15) is 8.42 Å². The van der Waals surface area contributed by atoms with Crippen LogP contribution in [0, 0.1) is 0 Å². The molecule has 2 aromatic rings. The minimum atomic E-state index is -3.13. The molecule has 1 atom stereocenters. The first-order valence-corrected chi connectivity index (χ1v) is 9.18. The van der Waals surface area contributed by atoms with Gasteiger partial charge in [0, 0.05) is 29.7 Å². The number of benzene rings is 1. The van der Waals surface area contributed by atoms with Crippen LogP contribution in [0.3, 0.4) is 0 Å². The van der Waals surface area contributed by atoms with Crippen LogP contribution in [-0.4, -0.2) is 36.5 Å². The van der Waals surface area contributed by atoms with Crippen LogP contribution in [0.5, 0.6) is 0 Å². The molecule has 0 saturated heterocycles. The van der Waals surface area contributed by atoms with Gasteiger partial charge >= 0.3 is 0 Å². The summed E-state index contributed by atoms with van der Waals surface area (Å²) in [6, 6.07) is 8.35. The summed E-state index contributed by atoms with van der Waals surface area (Å²) in [5, 5.41) is 1.23. The lowest BCUT2D eigenvalue weighted by Crippen LogP contribution is -2.41. The number of para-hydroxylation sites is 1. The highest BCUT2D eigenvalue weighted by Crippen LogP contribution is 2.31. The first-order chi connectivity index (χ1) is 10.0. The molecule has 114 valence electrons. The van der Waals surface area contributed by atoms with Gasteiger partial charge in [0.15, 0.2) is 0 Å². The van der Waals surface area contributed by atoms with Crippen molar-refractivity contribution in [3.63, 3.8) is 0 Å². The summed E-state index contributed by atoms with van der Waals surface area (Å²) in [6.07, 6.45) is 3.27. The highest BCUT2D eigenvalue weighted by Gasteiger charge is 2.30. The number of rotatable bonds is 4. The molecule has 0 aliphatic heterocycles. The Kier molecular flexibility index (Phi) is 3.80. The number of H-pyrrole nitrogens is 1. The summed E-state index contributed by atoms with van der Waals surface area (Å²) in [6.45, 7) is 1.91. The van der Waals surface area contributed by atoms with E-state index in [-0.39, 0.29) is 11.8 Å². The zero-order chi connectivity index (χ0) is 15.0. The molecule has 1 aliphatic carbocycles. The van der Waals surface area contributed by atoms with Crippen molar-refractivity contribution in [2.24, 2.45) is 0 Å². The van der Waals surface area contributed by atoms with Crippen LogP contribution in [0.1, 0.15) is 31.0 Å². The molecule has 0 amide bonds. The van der Waals surface area contributed by atoms with E-state index in [0.717, 1.165) is 24.8 Å². The van der Waals surface area contributed by atoms with Crippen LogP contribution in [0.25, 0.3) is 10.9 Å². The summed E-state index contributed by atoms with van der Waals surface area (Å²) in [4.78, 5) is 3.47. The fourth-order valence-electron chi connectivity index (χ4n) is 3.29. The lowest BCUT2D eigenvalue weighted by Gasteiger charge is -2.30. The van der Waals surface area contributed by atoms with Gasteiger partial charge in [0.05, 0.1) is 5.75 Å². The van der Waals surface area contributed by atoms with Crippen LogP contribution < -0.4 is 0 Å². The third-order valence-corrected chi connectivity index (χ3v) is 6.58. The molecule has 1 unspecified atom stereocenters. The van der Waals surface area contributed by atoms with Gasteiger partial charge in [-0.3, -0.25) is 0 Å². The maximum Gasteiger partial charge on any atom is 0.214 e. The van der Waals surface area contributed by atoms with E-state index in [0.29, 0.717) is 6.42 Å². The number of hydrogen-bond acceptors (Lipinski definition) is 2. The number of fused-ring (bicyclic) bond motifs is 3. The molecule has 1 aliphatic rings. The second-order valence-electron chi connectivity index (χ2n) is 5.86. The number of sulfonamides is 1. The largest absolute Gasteiger partial charge is 0.358 e. The van der Waals surface area contributed by atoms with Gasteiger partial charge < -0.3 is 4.98 Å². The molecule has 1 heterocycles. The second-order valence-corrected chi connectivity index (χ2v) is 8.00. The van der Waals surface area contributed by atoms with Crippen molar-refractivity contribution in [3.8, 4) is 0 Å². The van der Waals surface area contributed by atoms with Gasteiger partial charge in [0.25, 0.3) is 0 Å². The Morgan fingerprint density at radius 2 is 2.10 bits per heavy atom. The minimum absolute atomic E-state index is 0.0771. The van der Waals surface area contributed by atoms with Crippen molar-refractivity contribution < 1.29 is 8.42 Å². The maximum atomic E-state index is 12.3. The number of aromatic nitrogens is 1. The van der Waals surface area contributed by atoms with E-state index in [2.05, 4.69) is 17.1 Å². The molecule has 5 heteroatoms. The molecular formula is C16H22N2O2S. The van der Waals surface area contributed by atoms with Crippen LogP contribution in [0.4, 0.5) is 0 Å². The SMILES string of the molecule is CCCS(=O)(=O)N(C)C1CCc2[nH]c3ccccc3c2C1. The van der Waals surface area contributed by atoms with Crippen molar-refractivity contribution in [3.05, 3.63) is 35.5 Å². The average Bonchev–Trinajstić information content (AvgIpc) is 2.84. The number of nitrogens with one attached hydrogen (secondary N) is 1. The number of nitrogens with zero attached hydrogens (tertiary/aromatic N) is 1. The molecule has 0 fully saturated rings. The van der Waals surface area contributed by atoms with E-state index >= 15 is 0 Å². The summed E-state index contributed by atoms with van der Waals surface area (Å²) in [7, 11) is -1.39. The maximum absolute atomic E-state index is 12.3. The normalized spacial score (nSPS) is 19.1. The fraction of sp³-hybridized carbons (Fsp3) is 0.500. The standard InChI is InChI=1S/C16H22N2O2S/c1-3-10-21(19,20)18(2)12-8-9-16-14(11-12)13-6-4-5-7-15(13)17-16/h4-7,12,17H,3,8-11H2,1-2H3. The van der Waals surface area contributed by atoms with Crippen LogP contribution in [-0.2, 0) is 22.9 Å². The Balaban J connectivity index is 1.90. The van der Waals surface area contributed by atoms with Gasteiger partial charge in [-0.2, -0.15) is 0 Å². The molecule has 0 bridgehead atoms. The number of aromatic amines is 1. The molecule has 0 spiro atoms. The summed E-state index contributed by atoms with van der Waals surface area (Å²) in [5.74, 6) is 0.237. The number of likely N-dealkylation sites (N-methyl/N-ethyl adjacent to an activating group) is 1. The van der Waals surface area contributed by atoms with Crippen LogP contribution >= 0.6 is 0 Å². The smallest absolute Gasteiger partial charge is 0.214 e. The molecule has 3 rings (SSSR count). The number of aryl methyl sites for hydroxylation is 1. The van der Waals surface area contributed by atoms with Gasteiger partial charge in [0.2, 0.25) is 10.0 Å². The van der Waals surface area contributed by atoms with Crippen molar-refractivity contribution in [2.45, 2.75) is 38.6 Å². The van der Waals surface area contributed by atoms with E-state index in [1.165, 1.54) is 16.6 Å². The summed E-state index contributed by atoms with van der Waals surface area (Å²) >= 11 is 0. The van der Waals surface area contributed by atoms with Crippen molar-refractivity contribution in [1.29, 1.82) is 0 Å². The predicted molar refractivity (Wildman–Crippen MR) is 86.0 cm³/mol. The van der Waals surface area contributed by atoms with Gasteiger partial charge in [-0.25, -0.2) is 12.7 Å². The van der Waals surface area contributed by atoms with E-state index < -0.39 is 10.0 Å². The van der Waals surface area contributed by atoms with Crippen LogP contribution in [0.15, 0.2) is 24.3 Å². The third kappa shape index (κ3) is 2.60. The molecule has 0 saturated carbocycles. The summed E-state index contributed by atoms with van der Waals surface area (Å²) < 4.78 is 26.1. The lowest BCUT2D eigenvalue weighted by atomic mass is 9.91. The molecule has 0 radical (unpaired) electrons. The first-order valence-electron chi connectivity index (χ1n) is 7.57. The topological polar surface area (TPSA) is 53.2 Å². The lowest BCUT2D eigenvalue weighted by molar-refractivity contribution is 0.336. The Morgan fingerprint density at radius 1 is 1.33 bits per heavy atom. The Bertz CT molecular complexity index is 749. The van der Waals surface area contributed by atoms with Crippen molar-refractivity contribution >= 4 is 20.9 Å². The van der Waals surface area contributed by atoms with E-state index in [4.69, 9.17) is 0 Å². The van der Waals surface area contributed by atoms with Gasteiger partial charge in [0.1, 0.15) is 0 Å². The fourth-order valence-corrected chi connectivity index (χ4v) is 4.73. The molecule has 1 N–H and O–H groups in total. The van der Waals surface area contributed by atoms with Gasteiger partial charge in [-0.15, -0.1) is 0 Å². The average molecular weight is 306 g/mol. The highest BCUT2D eigenvalue weighted by atomic mass is 32.2. The second kappa shape index (κ2) is 5.46. The molecule has 4 nitrogen and oxygen atoms in total. The molecule has 21 heavy (non-hydrogen) atoms. The molecular weight excluding hydrogens is 284 g/mol. The van der Waals surface area contributed by atoms with E-state index in [1.54, 1.807) is 11.4 Å². The van der Waals surface area contributed by atoms with Crippen LogP contribution in [0.2, 0.25) is 0 Å². The van der Waals surface area contributed by atoms with Crippen molar-refractivity contribution in [2.75, 3.05) is 12.8 Å². The van der Waals surface area contributed by atoms with Gasteiger partial charge in [-0.05, 0) is 37.3 Å². The van der Waals surface area contributed by atoms with E-state index in [1.807, 2.05) is 19.1 Å². The Hall–Kier alpha value is -1.33. The summed E-state index contributed by atoms with van der Waals surface area (Å²) in [5.41, 5.74) is 3.72. The highest BCUT2D eigenvalue weighted by molar-refractivity contribution is 7.89. The third-order valence-electron chi connectivity index (χ3n) is 4.48. The minimum Gasteiger partial charge on any atom is -0.358 e. The van der Waals surface area contributed by atoms with Crippen molar-refractivity contribution in [1.82, 2.24) is 9.29 Å². The monoisotopic (exact) mass is 306 g/mol. The first kappa shape index (κ1) is 14.6. The number of hydrogen-bond donors (Lipinski definition) is 1. The Labute approximate surface area is 126 Å². The molecule has 1 aromatic carbocycles.